The van der Waals surface area contributed by atoms with Gasteiger partial charge in [0.25, 0.3) is 5.56 Å². The zero-order valence-corrected chi connectivity index (χ0v) is 14.4. The van der Waals surface area contributed by atoms with Crippen molar-refractivity contribution >= 4 is 0 Å². The van der Waals surface area contributed by atoms with Crippen molar-refractivity contribution in [3.8, 4) is 22.3 Å². The smallest absolute Gasteiger partial charge is 0.250 e. The summed E-state index contributed by atoms with van der Waals surface area (Å²) in [6, 6.07) is 32.2. The third kappa shape index (κ3) is 3.35. The molecule has 126 valence electrons. The van der Waals surface area contributed by atoms with Crippen LogP contribution in [0.5, 0.6) is 0 Å². The molecule has 0 amide bonds. The second kappa shape index (κ2) is 7.24. The Balaban J connectivity index is 1.74. The second-order valence-electron chi connectivity index (χ2n) is 6.27. The molecule has 0 aliphatic rings. The van der Waals surface area contributed by atoms with Crippen molar-refractivity contribution in [2.75, 3.05) is 0 Å². The van der Waals surface area contributed by atoms with Gasteiger partial charge in [-0.25, -0.2) is 0 Å². The lowest BCUT2D eigenvalue weighted by Gasteiger charge is -2.13. The van der Waals surface area contributed by atoms with E-state index in [2.05, 4.69) is 36.4 Å². The Labute approximate surface area is 153 Å². The van der Waals surface area contributed by atoms with Crippen LogP contribution in [-0.2, 0) is 6.54 Å². The monoisotopic (exact) mass is 337 g/mol. The SMILES string of the molecule is O=c1ccc(-c2ccccc2)cn1Cc1ccccc1-c1ccccc1. The van der Waals surface area contributed by atoms with E-state index in [-0.39, 0.29) is 5.56 Å². The van der Waals surface area contributed by atoms with Crippen LogP contribution in [-0.4, -0.2) is 4.57 Å². The fourth-order valence-corrected chi connectivity index (χ4v) is 3.20. The predicted octanol–water partition coefficient (Wildman–Crippen LogP) is 5.23. The standard InChI is InChI=1S/C24H19NO/c26-24-16-15-21(19-9-3-1-4-10-19)17-25(24)18-22-13-7-8-14-23(22)20-11-5-2-6-12-20/h1-17H,18H2. The van der Waals surface area contributed by atoms with Crippen LogP contribution < -0.4 is 5.56 Å². The van der Waals surface area contributed by atoms with Crippen molar-refractivity contribution in [2.24, 2.45) is 0 Å². The van der Waals surface area contributed by atoms with Gasteiger partial charge >= 0.3 is 0 Å². The molecule has 2 nitrogen and oxygen atoms in total. The molecule has 0 saturated heterocycles. The van der Waals surface area contributed by atoms with Crippen LogP contribution in [0.1, 0.15) is 5.56 Å². The largest absolute Gasteiger partial charge is 0.310 e. The summed E-state index contributed by atoms with van der Waals surface area (Å²) in [7, 11) is 0. The van der Waals surface area contributed by atoms with Crippen LogP contribution in [0, 0.1) is 0 Å². The predicted molar refractivity (Wildman–Crippen MR) is 107 cm³/mol. The summed E-state index contributed by atoms with van der Waals surface area (Å²) in [4.78, 5) is 12.4. The van der Waals surface area contributed by atoms with Gasteiger partial charge in [0.1, 0.15) is 0 Å². The molecule has 0 aliphatic heterocycles. The molecule has 3 aromatic carbocycles. The van der Waals surface area contributed by atoms with Crippen LogP contribution in [0.2, 0.25) is 0 Å². The third-order valence-electron chi connectivity index (χ3n) is 4.53. The highest BCUT2D eigenvalue weighted by Crippen LogP contribution is 2.24. The van der Waals surface area contributed by atoms with E-state index in [0.29, 0.717) is 6.54 Å². The van der Waals surface area contributed by atoms with E-state index in [9.17, 15) is 4.79 Å². The molecule has 0 saturated carbocycles. The Morgan fingerprint density at radius 2 is 1.19 bits per heavy atom. The van der Waals surface area contributed by atoms with Crippen LogP contribution in [0.25, 0.3) is 22.3 Å². The minimum Gasteiger partial charge on any atom is -0.310 e. The minimum absolute atomic E-state index is 0.00699. The fraction of sp³-hybridized carbons (Fsp3) is 0.0417. The van der Waals surface area contributed by atoms with Gasteiger partial charge in [0.15, 0.2) is 0 Å². The number of hydrogen-bond acceptors (Lipinski definition) is 1. The lowest BCUT2D eigenvalue weighted by Crippen LogP contribution is -2.19. The van der Waals surface area contributed by atoms with Gasteiger partial charge < -0.3 is 4.57 Å². The summed E-state index contributed by atoms with van der Waals surface area (Å²) in [5.74, 6) is 0. The van der Waals surface area contributed by atoms with E-state index in [4.69, 9.17) is 0 Å². The molecule has 1 heterocycles. The summed E-state index contributed by atoms with van der Waals surface area (Å²) in [5.41, 5.74) is 5.61. The highest BCUT2D eigenvalue weighted by atomic mass is 16.1. The van der Waals surface area contributed by atoms with Gasteiger partial charge in [-0.3, -0.25) is 4.79 Å². The normalized spacial score (nSPS) is 10.6. The Hall–Kier alpha value is -3.39. The molecule has 2 heteroatoms. The van der Waals surface area contributed by atoms with Gasteiger partial charge in [0.2, 0.25) is 0 Å². The first-order chi connectivity index (χ1) is 12.8. The highest BCUT2D eigenvalue weighted by Gasteiger charge is 2.07. The van der Waals surface area contributed by atoms with Crippen molar-refractivity contribution in [3.63, 3.8) is 0 Å². The van der Waals surface area contributed by atoms with Crippen molar-refractivity contribution in [1.82, 2.24) is 4.57 Å². The van der Waals surface area contributed by atoms with Gasteiger partial charge in [-0.1, -0.05) is 84.9 Å². The average molecular weight is 337 g/mol. The molecule has 0 N–H and O–H groups in total. The van der Waals surface area contributed by atoms with Crippen molar-refractivity contribution in [2.45, 2.75) is 6.54 Å². The minimum atomic E-state index is 0.00699. The third-order valence-corrected chi connectivity index (χ3v) is 4.53. The Morgan fingerprint density at radius 3 is 1.92 bits per heavy atom. The summed E-state index contributed by atoms with van der Waals surface area (Å²) in [6.07, 6.45) is 1.94. The van der Waals surface area contributed by atoms with Gasteiger partial charge in [0.05, 0.1) is 6.54 Å². The molecule has 0 atom stereocenters. The molecule has 0 bridgehead atoms. The van der Waals surface area contributed by atoms with Crippen LogP contribution in [0.3, 0.4) is 0 Å². The van der Waals surface area contributed by atoms with E-state index in [1.54, 1.807) is 10.6 Å². The number of pyridine rings is 1. The molecule has 0 spiro atoms. The average Bonchev–Trinajstić information content (AvgIpc) is 2.71. The van der Waals surface area contributed by atoms with Crippen LogP contribution in [0.4, 0.5) is 0 Å². The second-order valence-corrected chi connectivity index (χ2v) is 6.27. The molecular weight excluding hydrogens is 318 g/mol. The Morgan fingerprint density at radius 1 is 0.577 bits per heavy atom. The van der Waals surface area contributed by atoms with Gasteiger partial charge in [-0.2, -0.15) is 0 Å². The van der Waals surface area contributed by atoms with Crippen LogP contribution >= 0.6 is 0 Å². The number of benzene rings is 3. The maximum atomic E-state index is 12.4. The quantitative estimate of drug-likeness (QED) is 0.500. The van der Waals surface area contributed by atoms with Gasteiger partial charge in [0, 0.05) is 12.3 Å². The number of rotatable bonds is 4. The first-order valence-corrected chi connectivity index (χ1v) is 8.70. The first-order valence-electron chi connectivity index (χ1n) is 8.70. The van der Waals surface area contributed by atoms with E-state index < -0.39 is 0 Å². The topological polar surface area (TPSA) is 22.0 Å². The molecule has 0 unspecified atom stereocenters. The number of aromatic nitrogens is 1. The van der Waals surface area contributed by atoms with E-state index in [0.717, 1.165) is 27.8 Å². The molecule has 0 aliphatic carbocycles. The van der Waals surface area contributed by atoms with Crippen molar-refractivity contribution < 1.29 is 0 Å². The highest BCUT2D eigenvalue weighted by molar-refractivity contribution is 5.67. The molecule has 0 fully saturated rings. The molecule has 0 radical (unpaired) electrons. The van der Waals surface area contributed by atoms with Crippen molar-refractivity contribution in [3.05, 3.63) is 119 Å². The first kappa shape index (κ1) is 16.1. The maximum Gasteiger partial charge on any atom is 0.250 e. The summed E-state index contributed by atoms with van der Waals surface area (Å²) in [5, 5.41) is 0. The van der Waals surface area contributed by atoms with Crippen LogP contribution in [0.15, 0.2) is 108 Å². The lowest BCUT2D eigenvalue weighted by molar-refractivity contribution is 0.762. The zero-order valence-electron chi connectivity index (χ0n) is 14.4. The summed E-state index contributed by atoms with van der Waals surface area (Å²) in [6.45, 7) is 0.546. The fourth-order valence-electron chi connectivity index (χ4n) is 3.20. The Kier molecular flexibility index (Phi) is 4.48. The van der Waals surface area contributed by atoms with E-state index in [1.165, 1.54) is 0 Å². The van der Waals surface area contributed by atoms with Crippen molar-refractivity contribution in [1.29, 1.82) is 0 Å². The summed E-state index contributed by atoms with van der Waals surface area (Å²) < 4.78 is 1.78. The molecular formula is C24H19NO. The van der Waals surface area contributed by atoms with E-state index >= 15 is 0 Å². The molecule has 4 aromatic rings. The van der Waals surface area contributed by atoms with Gasteiger partial charge in [-0.05, 0) is 33.9 Å². The number of nitrogens with zero attached hydrogens (tertiary/aromatic N) is 1. The summed E-state index contributed by atoms with van der Waals surface area (Å²) >= 11 is 0. The van der Waals surface area contributed by atoms with E-state index in [1.807, 2.05) is 60.8 Å². The molecule has 4 rings (SSSR count). The molecule has 1 aromatic heterocycles. The zero-order chi connectivity index (χ0) is 17.8. The maximum absolute atomic E-state index is 12.4. The Bertz CT molecular complexity index is 1070. The number of hydrogen-bond donors (Lipinski definition) is 0. The van der Waals surface area contributed by atoms with Gasteiger partial charge in [-0.15, -0.1) is 0 Å². The lowest BCUT2D eigenvalue weighted by atomic mass is 9.99. The molecule has 26 heavy (non-hydrogen) atoms.